The fourth-order valence-electron chi connectivity index (χ4n) is 1.54. The summed E-state index contributed by atoms with van der Waals surface area (Å²) in [5.74, 6) is -1.50. The second-order valence-electron chi connectivity index (χ2n) is 3.57. The molecule has 0 aromatic carbocycles. The minimum absolute atomic E-state index is 0.110. The first-order valence-electron chi connectivity index (χ1n) is 4.83. The predicted molar refractivity (Wildman–Crippen MR) is 51.2 cm³/mol. The first kappa shape index (κ1) is 11.6. The standard InChI is InChI=1S/C9H9F2N3O3/c1-4(15)6-3-17-9(16)14(6)7-5(10)2-12-8(11)13-7/h2,4,6,15H,3H2,1H3/t4-,6?/m0/s1. The van der Waals surface area contributed by atoms with Crippen LogP contribution in [0.15, 0.2) is 6.20 Å². The van der Waals surface area contributed by atoms with Gasteiger partial charge in [0.25, 0.3) is 0 Å². The number of nitrogens with zero attached hydrogens (tertiary/aromatic N) is 3. The molecule has 8 heteroatoms. The molecule has 1 fully saturated rings. The first-order valence-corrected chi connectivity index (χ1v) is 4.83. The van der Waals surface area contributed by atoms with Crippen molar-refractivity contribution < 1.29 is 23.4 Å². The van der Waals surface area contributed by atoms with Crippen LogP contribution in [0.4, 0.5) is 19.4 Å². The molecule has 1 aliphatic heterocycles. The molecule has 92 valence electrons. The molecule has 1 amide bonds. The second kappa shape index (κ2) is 4.21. The van der Waals surface area contributed by atoms with Gasteiger partial charge in [-0.15, -0.1) is 0 Å². The maximum Gasteiger partial charge on any atom is 0.416 e. The van der Waals surface area contributed by atoms with Gasteiger partial charge in [-0.2, -0.15) is 9.37 Å². The number of carbonyl (C=O) groups excluding carboxylic acids is 1. The summed E-state index contributed by atoms with van der Waals surface area (Å²) in [5, 5.41) is 9.43. The van der Waals surface area contributed by atoms with E-state index in [2.05, 4.69) is 14.7 Å². The summed E-state index contributed by atoms with van der Waals surface area (Å²) in [6, 6.07) is -0.800. The van der Waals surface area contributed by atoms with Crippen LogP contribution in [0, 0.1) is 11.9 Å². The summed E-state index contributed by atoms with van der Waals surface area (Å²) < 4.78 is 30.9. The van der Waals surface area contributed by atoms with Gasteiger partial charge in [0, 0.05) is 0 Å². The number of carbonyl (C=O) groups is 1. The van der Waals surface area contributed by atoms with Crippen molar-refractivity contribution in [2.45, 2.75) is 19.1 Å². The third-order valence-corrected chi connectivity index (χ3v) is 2.39. The number of rotatable bonds is 2. The largest absolute Gasteiger partial charge is 0.447 e. The number of cyclic esters (lactones) is 1. The van der Waals surface area contributed by atoms with Crippen LogP contribution in [-0.4, -0.2) is 39.9 Å². The molecule has 0 saturated carbocycles. The van der Waals surface area contributed by atoms with E-state index in [9.17, 15) is 18.7 Å². The lowest BCUT2D eigenvalue weighted by Gasteiger charge is -2.22. The summed E-state index contributed by atoms with van der Waals surface area (Å²) in [4.78, 5) is 18.4. The molecule has 2 atom stereocenters. The van der Waals surface area contributed by atoms with E-state index in [0.717, 1.165) is 4.90 Å². The highest BCUT2D eigenvalue weighted by Gasteiger charge is 2.39. The van der Waals surface area contributed by atoms with Crippen LogP contribution < -0.4 is 4.90 Å². The number of hydrogen-bond acceptors (Lipinski definition) is 5. The molecule has 1 aromatic rings. The fraction of sp³-hybridized carbons (Fsp3) is 0.444. The van der Waals surface area contributed by atoms with Crippen molar-refractivity contribution in [1.82, 2.24) is 9.97 Å². The van der Waals surface area contributed by atoms with E-state index in [1.807, 2.05) is 0 Å². The molecule has 1 aromatic heterocycles. The number of ether oxygens (including phenoxy) is 1. The zero-order valence-corrected chi connectivity index (χ0v) is 8.80. The number of aromatic nitrogens is 2. The Balaban J connectivity index is 2.42. The highest BCUT2D eigenvalue weighted by Crippen LogP contribution is 2.25. The molecule has 1 unspecified atom stereocenters. The molecule has 0 bridgehead atoms. The summed E-state index contributed by atoms with van der Waals surface area (Å²) in [6.45, 7) is 1.30. The minimum Gasteiger partial charge on any atom is -0.447 e. The average Bonchev–Trinajstić information content (AvgIpc) is 2.64. The van der Waals surface area contributed by atoms with Gasteiger partial charge in [0.2, 0.25) is 0 Å². The highest BCUT2D eigenvalue weighted by molar-refractivity contribution is 5.89. The van der Waals surface area contributed by atoms with E-state index < -0.39 is 36.0 Å². The molecule has 0 radical (unpaired) electrons. The molecule has 2 rings (SSSR count). The predicted octanol–water partition coefficient (Wildman–Crippen LogP) is 0.461. The number of amides is 1. The minimum atomic E-state index is -1.16. The number of hydrogen-bond donors (Lipinski definition) is 1. The maximum absolute atomic E-state index is 13.4. The van der Waals surface area contributed by atoms with Gasteiger partial charge >= 0.3 is 12.2 Å². The van der Waals surface area contributed by atoms with Crippen molar-refractivity contribution in [3.05, 3.63) is 18.1 Å². The molecule has 0 aliphatic carbocycles. The van der Waals surface area contributed by atoms with Crippen LogP contribution in [-0.2, 0) is 4.74 Å². The van der Waals surface area contributed by atoms with Crippen LogP contribution >= 0.6 is 0 Å². The van der Waals surface area contributed by atoms with Gasteiger partial charge in [-0.1, -0.05) is 0 Å². The lowest BCUT2D eigenvalue weighted by molar-refractivity contribution is 0.142. The highest BCUT2D eigenvalue weighted by atomic mass is 19.1. The van der Waals surface area contributed by atoms with Crippen LogP contribution in [0.1, 0.15) is 6.92 Å². The molecule has 1 aliphatic rings. The van der Waals surface area contributed by atoms with Gasteiger partial charge in [-0.25, -0.2) is 19.1 Å². The van der Waals surface area contributed by atoms with E-state index in [0.29, 0.717) is 6.20 Å². The zero-order valence-electron chi connectivity index (χ0n) is 8.80. The van der Waals surface area contributed by atoms with E-state index >= 15 is 0 Å². The molecule has 17 heavy (non-hydrogen) atoms. The third kappa shape index (κ3) is 2.03. The van der Waals surface area contributed by atoms with E-state index in [-0.39, 0.29) is 6.61 Å². The van der Waals surface area contributed by atoms with Gasteiger partial charge in [0.05, 0.1) is 12.3 Å². The molecule has 0 spiro atoms. The Bertz CT molecular complexity index is 455. The van der Waals surface area contributed by atoms with Crippen molar-refractivity contribution in [2.75, 3.05) is 11.5 Å². The van der Waals surface area contributed by atoms with E-state index in [1.54, 1.807) is 0 Å². The Morgan fingerprint density at radius 1 is 1.65 bits per heavy atom. The Labute approximate surface area is 94.8 Å². The van der Waals surface area contributed by atoms with Crippen molar-refractivity contribution >= 4 is 11.9 Å². The molecular weight excluding hydrogens is 236 g/mol. The number of aliphatic hydroxyl groups is 1. The zero-order chi connectivity index (χ0) is 12.6. The molecule has 1 N–H and O–H groups in total. The van der Waals surface area contributed by atoms with E-state index in [1.165, 1.54) is 6.92 Å². The van der Waals surface area contributed by atoms with Gasteiger partial charge in [-0.3, -0.25) is 0 Å². The summed E-state index contributed by atoms with van der Waals surface area (Å²) in [7, 11) is 0. The monoisotopic (exact) mass is 245 g/mol. The van der Waals surface area contributed by atoms with Crippen LogP contribution in [0.2, 0.25) is 0 Å². The normalized spacial score (nSPS) is 21.5. The van der Waals surface area contributed by atoms with Crippen molar-refractivity contribution in [3.8, 4) is 0 Å². The first-order chi connectivity index (χ1) is 8.00. The smallest absolute Gasteiger partial charge is 0.416 e. The van der Waals surface area contributed by atoms with Gasteiger partial charge in [-0.05, 0) is 6.92 Å². The SMILES string of the molecule is C[C@H](O)C1COC(=O)N1c1nc(F)ncc1F. The second-order valence-corrected chi connectivity index (χ2v) is 3.57. The molecule has 1 saturated heterocycles. The summed E-state index contributed by atoms with van der Waals surface area (Å²) >= 11 is 0. The molecule has 6 nitrogen and oxygen atoms in total. The lowest BCUT2D eigenvalue weighted by Crippen LogP contribution is -2.42. The number of aliphatic hydroxyl groups excluding tert-OH is 1. The van der Waals surface area contributed by atoms with Crippen LogP contribution in [0.5, 0.6) is 0 Å². The van der Waals surface area contributed by atoms with Gasteiger partial charge < -0.3 is 9.84 Å². The van der Waals surface area contributed by atoms with Crippen LogP contribution in [0.3, 0.4) is 0 Å². The average molecular weight is 245 g/mol. The molecular formula is C9H9F2N3O3. The van der Waals surface area contributed by atoms with E-state index in [4.69, 9.17) is 0 Å². The van der Waals surface area contributed by atoms with Gasteiger partial charge in [0.15, 0.2) is 11.6 Å². The van der Waals surface area contributed by atoms with Gasteiger partial charge in [0.1, 0.15) is 12.6 Å². The Morgan fingerprint density at radius 3 is 3.00 bits per heavy atom. The lowest BCUT2D eigenvalue weighted by atomic mass is 10.2. The van der Waals surface area contributed by atoms with Crippen molar-refractivity contribution in [2.24, 2.45) is 0 Å². The Kier molecular flexibility index (Phi) is 2.88. The molecule has 2 heterocycles. The van der Waals surface area contributed by atoms with Crippen molar-refractivity contribution in [3.63, 3.8) is 0 Å². The van der Waals surface area contributed by atoms with Crippen LogP contribution in [0.25, 0.3) is 0 Å². The Morgan fingerprint density at radius 2 is 2.35 bits per heavy atom. The quantitative estimate of drug-likeness (QED) is 0.766. The summed E-state index contributed by atoms with van der Waals surface area (Å²) in [6.07, 6.45) is -2.39. The Hall–Kier alpha value is -1.83. The van der Waals surface area contributed by atoms with Crippen molar-refractivity contribution in [1.29, 1.82) is 0 Å². The third-order valence-electron chi connectivity index (χ3n) is 2.39. The number of anilines is 1. The number of halogens is 2. The maximum atomic E-state index is 13.4. The summed E-state index contributed by atoms with van der Waals surface area (Å²) in [5.41, 5.74) is 0. The fourth-order valence-corrected chi connectivity index (χ4v) is 1.54. The topological polar surface area (TPSA) is 75.6 Å².